The van der Waals surface area contributed by atoms with E-state index in [0.717, 1.165) is 21.7 Å². The van der Waals surface area contributed by atoms with Crippen LogP contribution < -0.4 is 5.32 Å². The van der Waals surface area contributed by atoms with Crippen LogP contribution in [-0.4, -0.2) is 24.0 Å². The minimum absolute atomic E-state index is 0.209. The highest BCUT2D eigenvalue weighted by Gasteiger charge is 2.20. The number of carbonyl (C=O) groups is 2. The Labute approximate surface area is 178 Å². The molecule has 0 saturated carbocycles. The Kier molecular flexibility index (Phi) is 5.68. The third-order valence-electron chi connectivity index (χ3n) is 4.51. The number of nitrogens with one attached hydrogen (secondary N) is 1. The summed E-state index contributed by atoms with van der Waals surface area (Å²) in [6.07, 6.45) is 0. The standard InChI is InChI=1S/C24H18N2O3S/c1-29-23(28)19-15-9-8-14-18(19)22(27)26-24-25-20(16-10-4-2-5-11-16)21(30-24)17-12-6-3-7-13-17/h2-15H,1H3,(H,25,26,27). The van der Waals surface area contributed by atoms with E-state index in [4.69, 9.17) is 4.74 Å². The fourth-order valence-electron chi connectivity index (χ4n) is 3.08. The van der Waals surface area contributed by atoms with Crippen LogP contribution in [0.2, 0.25) is 0 Å². The number of aromatic nitrogens is 1. The summed E-state index contributed by atoms with van der Waals surface area (Å²) in [5.74, 6) is -0.973. The Morgan fingerprint density at radius 3 is 2.00 bits per heavy atom. The van der Waals surface area contributed by atoms with Crippen LogP contribution >= 0.6 is 11.3 Å². The Hall–Kier alpha value is -3.77. The minimum atomic E-state index is -0.560. The minimum Gasteiger partial charge on any atom is -0.465 e. The number of methoxy groups -OCH3 is 1. The van der Waals surface area contributed by atoms with Crippen molar-refractivity contribution in [3.05, 3.63) is 96.1 Å². The predicted octanol–water partition coefficient (Wildman–Crippen LogP) is 5.52. The van der Waals surface area contributed by atoms with Crippen molar-refractivity contribution >= 4 is 28.3 Å². The molecule has 0 aliphatic heterocycles. The summed E-state index contributed by atoms with van der Waals surface area (Å²) in [5, 5.41) is 3.29. The highest BCUT2D eigenvalue weighted by Crippen LogP contribution is 2.39. The van der Waals surface area contributed by atoms with Crippen molar-refractivity contribution in [3.8, 4) is 21.7 Å². The molecule has 148 valence electrons. The van der Waals surface area contributed by atoms with Gasteiger partial charge in [-0.25, -0.2) is 9.78 Å². The molecule has 6 heteroatoms. The third kappa shape index (κ3) is 3.99. The molecule has 1 heterocycles. The molecule has 0 aliphatic rings. The molecule has 30 heavy (non-hydrogen) atoms. The SMILES string of the molecule is COC(=O)c1ccccc1C(=O)Nc1nc(-c2ccccc2)c(-c2ccccc2)s1. The first kappa shape index (κ1) is 19.5. The van der Waals surface area contributed by atoms with Crippen molar-refractivity contribution in [1.29, 1.82) is 0 Å². The van der Waals surface area contributed by atoms with Crippen LogP contribution in [0, 0.1) is 0 Å². The predicted molar refractivity (Wildman–Crippen MR) is 119 cm³/mol. The smallest absolute Gasteiger partial charge is 0.338 e. The summed E-state index contributed by atoms with van der Waals surface area (Å²) in [7, 11) is 1.29. The molecule has 5 nitrogen and oxygen atoms in total. The number of hydrogen-bond donors (Lipinski definition) is 1. The first-order valence-corrected chi connectivity index (χ1v) is 10.1. The molecular weight excluding hydrogens is 396 g/mol. The van der Waals surface area contributed by atoms with Crippen LogP contribution in [0.15, 0.2) is 84.9 Å². The molecule has 1 N–H and O–H groups in total. The van der Waals surface area contributed by atoms with E-state index in [0.29, 0.717) is 5.13 Å². The molecule has 0 bridgehead atoms. The molecule has 1 aromatic heterocycles. The van der Waals surface area contributed by atoms with Gasteiger partial charge in [0.2, 0.25) is 0 Å². The summed E-state index contributed by atoms with van der Waals surface area (Å²) in [5.41, 5.74) is 3.22. The van der Waals surface area contributed by atoms with E-state index in [2.05, 4.69) is 10.3 Å². The van der Waals surface area contributed by atoms with Crippen molar-refractivity contribution in [2.45, 2.75) is 0 Å². The Bertz CT molecular complexity index is 1130. The number of benzene rings is 3. The van der Waals surface area contributed by atoms with Crippen molar-refractivity contribution in [3.63, 3.8) is 0 Å². The lowest BCUT2D eigenvalue weighted by Gasteiger charge is -2.06. The maximum Gasteiger partial charge on any atom is 0.338 e. The molecule has 3 aromatic carbocycles. The molecule has 0 unspecified atom stereocenters. The fourth-order valence-corrected chi connectivity index (χ4v) is 4.07. The molecule has 0 saturated heterocycles. The highest BCUT2D eigenvalue weighted by molar-refractivity contribution is 7.19. The van der Waals surface area contributed by atoms with Gasteiger partial charge in [0.05, 0.1) is 28.8 Å². The first-order chi connectivity index (χ1) is 14.7. The second-order valence-corrected chi connectivity index (χ2v) is 7.42. The van der Waals surface area contributed by atoms with Crippen molar-refractivity contribution < 1.29 is 14.3 Å². The molecule has 0 fully saturated rings. The first-order valence-electron chi connectivity index (χ1n) is 9.27. The van der Waals surface area contributed by atoms with Gasteiger partial charge in [0, 0.05) is 5.56 Å². The maximum atomic E-state index is 12.9. The zero-order valence-corrected chi connectivity index (χ0v) is 17.0. The van der Waals surface area contributed by atoms with E-state index in [1.54, 1.807) is 24.3 Å². The van der Waals surface area contributed by atoms with Crippen LogP contribution in [0.5, 0.6) is 0 Å². The van der Waals surface area contributed by atoms with E-state index in [1.165, 1.54) is 18.4 Å². The van der Waals surface area contributed by atoms with Gasteiger partial charge in [0.1, 0.15) is 0 Å². The monoisotopic (exact) mass is 414 g/mol. The zero-order valence-electron chi connectivity index (χ0n) is 16.2. The van der Waals surface area contributed by atoms with Gasteiger partial charge in [-0.05, 0) is 17.7 Å². The average Bonchev–Trinajstić information content (AvgIpc) is 3.23. The van der Waals surface area contributed by atoms with E-state index >= 15 is 0 Å². The van der Waals surface area contributed by atoms with Gasteiger partial charge in [0.15, 0.2) is 5.13 Å². The van der Waals surface area contributed by atoms with E-state index in [-0.39, 0.29) is 11.1 Å². The molecule has 4 aromatic rings. The average molecular weight is 414 g/mol. The van der Waals surface area contributed by atoms with Crippen LogP contribution in [0.1, 0.15) is 20.7 Å². The summed E-state index contributed by atoms with van der Waals surface area (Å²) in [6.45, 7) is 0. The molecule has 1 amide bonds. The third-order valence-corrected chi connectivity index (χ3v) is 5.53. The lowest BCUT2D eigenvalue weighted by Crippen LogP contribution is -2.17. The van der Waals surface area contributed by atoms with Gasteiger partial charge >= 0.3 is 5.97 Å². The Balaban J connectivity index is 1.72. The van der Waals surface area contributed by atoms with Gasteiger partial charge < -0.3 is 4.74 Å². The topological polar surface area (TPSA) is 68.3 Å². The van der Waals surface area contributed by atoms with Crippen molar-refractivity contribution in [2.75, 3.05) is 12.4 Å². The largest absolute Gasteiger partial charge is 0.465 e. The van der Waals surface area contributed by atoms with Crippen LogP contribution in [-0.2, 0) is 4.74 Å². The number of rotatable bonds is 5. The van der Waals surface area contributed by atoms with Gasteiger partial charge in [-0.2, -0.15) is 0 Å². The van der Waals surface area contributed by atoms with Gasteiger partial charge in [-0.3, -0.25) is 10.1 Å². The fraction of sp³-hybridized carbons (Fsp3) is 0.0417. The molecule has 4 rings (SSSR count). The molecular formula is C24H18N2O3S. The number of thiazole rings is 1. The number of carbonyl (C=O) groups excluding carboxylic acids is 2. The maximum absolute atomic E-state index is 12.9. The van der Waals surface area contributed by atoms with Crippen LogP contribution in [0.4, 0.5) is 5.13 Å². The van der Waals surface area contributed by atoms with E-state index in [1.807, 2.05) is 60.7 Å². The summed E-state index contributed by atoms with van der Waals surface area (Å²) in [6, 6.07) is 26.3. The van der Waals surface area contributed by atoms with E-state index in [9.17, 15) is 9.59 Å². The highest BCUT2D eigenvalue weighted by atomic mass is 32.1. The molecule has 0 radical (unpaired) electrons. The molecule has 0 spiro atoms. The molecule has 0 aliphatic carbocycles. The quantitative estimate of drug-likeness (QED) is 0.437. The number of nitrogens with zero attached hydrogens (tertiary/aromatic N) is 1. The number of amides is 1. The summed E-state index contributed by atoms with van der Waals surface area (Å²) in [4.78, 5) is 30.5. The lowest BCUT2D eigenvalue weighted by molar-refractivity contribution is 0.0597. The van der Waals surface area contributed by atoms with E-state index < -0.39 is 11.9 Å². The van der Waals surface area contributed by atoms with Crippen molar-refractivity contribution in [1.82, 2.24) is 4.98 Å². The summed E-state index contributed by atoms with van der Waals surface area (Å²) < 4.78 is 4.78. The van der Waals surface area contributed by atoms with Crippen LogP contribution in [0.25, 0.3) is 21.7 Å². The second-order valence-electron chi connectivity index (χ2n) is 6.42. The lowest BCUT2D eigenvalue weighted by atomic mass is 10.1. The molecule has 0 atom stereocenters. The van der Waals surface area contributed by atoms with Crippen molar-refractivity contribution in [2.24, 2.45) is 0 Å². The van der Waals surface area contributed by atoms with Crippen LogP contribution in [0.3, 0.4) is 0 Å². The number of esters is 1. The zero-order chi connectivity index (χ0) is 20.9. The normalized spacial score (nSPS) is 10.4. The Morgan fingerprint density at radius 2 is 1.37 bits per heavy atom. The van der Waals surface area contributed by atoms with Gasteiger partial charge in [-0.1, -0.05) is 84.1 Å². The number of hydrogen-bond acceptors (Lipinski definition) is 5. The van der Waals surface area contributed by atoms with Gasteiger partial charge in [0.25, 0.3) is 5.91 Å². The van der Waals surface area contributed by atoms with Gasteiger partial charge in [-0.15, -0.1) is 0 Å². The number of anilines is 1. The second kappa shape index (κ2) is 8.71. The number of ether oxygens (including phenoxy) is 1. The Morgan fingerprint density at radius 1 is 0.800 bits per heavy atom. The summed E-state index contributed by atoms with van der Waals surface area (Å²) >= 11 is 1.39.